The fourth-order valence-corrected chi connectivity index (χ4v) is 1.78. The maximum Gasteiger partial charge on any atom is 0.255 e. The van der Waals surface area contributed by atoms with Crippen LogP contribution >= 0.6 is 11.6 Å². The lowest BCUT2D eigenvalue weighted by Crippen LogP contribution is -2.36. The Morgan fingerprint density at radius 1 is 1.24 bits per heavy atom. The fraction of sp³-hybridized carbons (Fsp3) is 0.143. The molecule has 0 radical (unpaired) electrons. The van der Waals surface area contributed by atoms with Gasteiger partial charge in [-0.2, -0.15) is 0 Å². The predicted molar refractivity (Wildman–Crippen MR) is 76.0 cm³/mol. The average Bonchev–Trinajstić information content (AvgIpc) is 2.98. The van der Waals surface area contributed by atoms with Gasteiger partial charge >= 0.3 is 0 Å². The monoisotopic (exact) mass is 308 g/mol. The van der Waals surface area contributed by atoms with Gasteiger partial charge in [-0.15, -0.1) is 0 Å². The normalized spacial score (nSPS) is 10.1. The van der Waals surface area contributed by atoms with Gasteiger partial charge in [-0.25, -0.2) is 0 Å². The van der Waals surface area contributed by atoms with Gasteiger partial charge < -0.3 is 20.2 Å². The number of furan rings is 1. The standard InChI is InChI=1S/C14H13ClN2O4/c15-9-3-4-12(18)11(6-9)14(20)17-8-13(19)16-7-10-2-1-5-21-10/h1-6,18H,7-8H2,(H,16,19)(H,17,20). The van der Waals surface area contributed by atoms with E-state index in [2.05, 4.69) is 10.6 Å². The van der Waals surface area contributed by atoms with Gasteiger partial charge in [0.1, 0.15) is 11.5 Å². The Labute approximate surface area is 125 Å². The highest BCUT2D eigenvalue weighted by Gasteiger charge is 2.13. The van der Waals surface area contributed by atoms with Crippen LogP contribution in [0.2, 0.25) is 5.02 Å². The van der Waals surface area contributed by atoms with Crippen molar-refractivity contribution in [2.45, 2.75) is 6.54 Å². The maximum absolute atomic E-state index is 11.8. The van der Waals surface area contributed by atoms with Crippen molar-refractivity contribution >= 4 is 23.4 Å². The van der Waals surface area contributed by atoms with Crippen LogP contribution in [0, 0.1) is 0 Å². The number of carbonyl (C=O) groups excluding carboxylic acids is 2. The molecule has 7 heteroatoms. The quantitative estimate of drug-likeness (QED) is 0.783. The Balaban J connectivity index is 1.83. The molecule has 2 amide bonds. The summed E-state index contributed by atoms with van der Waals surface area (Å²) in [7, 11) is 0. The summed E-state index contributed by atoms with van der Waals surface area (Å²) in [6, 6.07) is 7.54. The first kappa shape index (κ1) is 14.9. The number of benzene rings is 1. The number of halogens is 1. The van der Waals surface area contributed by atoms with Crippen LogP contribution in [0.25, 0.3) is 0 Å². The smallest absolute Gasteiger partial charge is 0.255 e. The van der Waals surface area contributed by atoms with E-state index in [4.69, 9.17) is 16.0 Å². The summed E-state index contributed by atoms with van der Waals surface area (Å²) in [6.07, 6.45) is 1.51. The fourth-order valence-electron chi connectivity index (χ4n) is 1.61. The summed E-state index contributed by atoms with van der Waals surface area (Å²) in [5.74, 6) is -0.542. The lowest BCUT2D eigenvalue weighted by molar-refractivity contribution is -0.120. The van der Waals surface area contributed by atoms with Crippen LogP contribution < -0.4 is 10.6 Å². The van der Waals surface area contributed by atoms with Crippen molar-refractivity contribution in [3.63, 3.8) is 0 Å². The molecular weight excluding hydrogens is 296 g/mol. The molecule has 2 rings (SSSR count). The van der Waals surface area contributed by atoms with Gasteiger partial charge in [0.05, 0.1) is 24.9 Å². The molecule has 2 aromatic rings. The largest absolute Gasteiger partial charge is 0.507 e. The summed E-state index contributed by atoms with van der Waals surface area (Å²) in [6.45, 7) is 0.0234. The Hall–Kier alpha value is -2.47. The van der Waals surface area contributed by atoms with E-state index in [1.807, 2.05) is 0 Å². The molecule has 0 bridgehead atoms. The SMILES string of the molecule is O=C(CNC(=O)c1cc(Cl)ccc1O)NCc1ccco1. The van der Waals surface area contributed by atoms with Gasteiger partial charge in [0, 0.05) is 5.02 Å². The molecule has 0 spiro atoms. The molecule has 6 nitrogen and oxygen atoms in total. The van der Waals surface area contributed by atoms with Crippen LogP contribution in [0.3, 0.4) is 0 Å². The minimum atomic E-state index is -0.580. The Morgan fingerprint density at radius 3 is 2.76 bits per heavy atom. The zero-order chi connectivity index (χ0) is 15.2. The summed E-state index contributed by atoms with van der Waals surface area (Å²) in [5.41, 5.74) is 0.0151. The Bertz CT molecular complexity index is 640. The molecule has 0 fully saturated rings. The number of phenols is 1. The number of phenolic OH excluding ortho intramolecular Hbond substituents is 1. The molecule has 1 aromatic carbocycles. The first-order valence-electron chi connectivity index (χ1n) is 6.12. The minimum Gasteiger partial charge on any atom is -0.507 e. The molecule has 0 saturated carbocycles. The number of nitrogens with one attached hydrogen (secondary N) is 2. The van der Waals surface area contributed by atoms with E-state index in [1.165, 1.54) is 24.5 Å². The second-order valence-corrected chi connectivity index (χ2v) is 4.64. The lowest BCUT2D eigenvalue weighted by Gasteiger charge is -2.07. The van der Waals surface area contributed by atoms with Crippen LogP contribution in [-0.4, -0.2) is 23.5 Å². The minimum absolute atomic E-state index is 0.0151. The third-order valence-electron chi connectivity index (χ3n) is 2.65. The Kier molecular flexibility index (Phi) is 4.84. The molecule has 110 valence electrons. The van der Waals surface area contributed by atoms with Crippen LogP contribution in [-0.2, 0) is 11.3 Å². The van der Waals surface area contributed by atoms with Gasteiger partial charge in [-0.3, -0.25) is 9.59 Å². The van der Waals surface area contributed by atoms with Gasteiger partial charge in [0.15, 0.2) is 0 Å². The highest BCUT2D eigenvalue weighted by Crippen LogP contribution is 2.21. The van der Waals surface area contributed by atoms with Crippen LogP contribution in [0.4, 0.5) is 0 Å². The topological polar surface area (TPSA) is 91.6 Å². The summed E-state index contributed by atoms with van der Waals surface area (Å²) in [4.78, 5) is 23.4. The summed E-state index contributed by atoms with van der Waals surface area (Å²) >= 11 is 5.75. The number of aromatic hydroxyl groups is 1. The van der Waals surface area contributed by atoms with E-state index >= 15 is 0 Å². The molecular formula is C14H13ClN2O4. The molecule has 1 aromatic heterocycles. The number of hydrogen-bond donors (Lipinski definition) is 3. The van der Waals surface area contributed by atoms with E-state index in [9.17, 15) is 14.7 Å². The van der Waals surface area contributed by atoms with Crippen molar-refractivity contribution in [1.29, 1.82) is 0 Å². The van der Waals surface area contributed by atoms with E-state index in [-0.39, 0.29) is 30.3 Å². The molecule has 0 unspecified atom stereocenters. The molecule has 1 heterocycles. The lowest BCUT2D eigenvalue weighted by atomic mass is 10.2. The zero-order valence-corrected chi connectivity index (χ0v) is 11.7. The van der Waals surface area contributed by atoms with E-state index in [1.54, 1.807) is 12.1 Å². The second kappa shape index (κ2) is 6.81. The van der Waals surface area contributed by atoms with Gasteiger partial charge in [0.2, 0.25) is 5.91 Å². The molecule has 0 atom stereocenters. The van der Waals surface area contributed by atoms with Crippen LogP contribution in [0.1, 0.15) is 16.1 Å². The van der Waals surface area contributed by atoms with Gasteiger partial charge in [0.25, 0.3) is 5.91 Å². The molecule has 0 saturated heterocycles. The number of hydrogen-bond acceptors (Lipinski definition) is 4. The highest BCUT2D eigenvalue weighted by atomic mass is 35.5. The van der Waals surface area contributed by atoms with E-state index in [0.29, 0.717) is 10.8 Å². The third kappa shape index (κ3) is 4.25. The summed E-state index contributed by atoms with van der Waals surface area (Å²) < 4.78 is 5.06. The van der Waals surface area contributed by atoms with Crippen molar-refractivity contribution in [2.24, 2.45) is 0 Å². The van der Waals surface area contributed by atoms with Gasteiger partial charge in [-0.05, 0) is 30.3 Å². The second-order valence-electron chi connectivity index (χ2n) is 4.20. The molecule has 21 heavy (non-hydrogen) atoms. The number of rotatable bonds is 5. The summed E-state index contributed by atoms with van der Waals surface area (Å²) in [5, 5.41) is 14.9. The molecule has 0 aliphatic rings. The van der Waals surface area contributed by atoms with E-state index < -0.39 is 5.91 Å². The van der Waals surface area contributed by atoms with Crippen molar-refractivity contribution in [3.8, 4) is 5.75 Å². The maximum atomic E-state index is 11.8. The van der Waals surface area contributed by atoms with Crippen molar-refractivity contribution in [3.05, 3.63) is 52.9 Å². The van der Waals surface area contributed by atoms with Crippen LogP contribution in [0.5, 0.6) is 5.75 Å². The number of carbonyl (C=O) groups is 2. The van der Waals surface area contributed by atoms with Crippen molar-refractivity contribution in [2.75, 3.05) is 6.54 Å². The highest BCUT2D eigenvalue weighted by molar-refractivity contribution is 6.31. The molecule has 3 N–H and O–H groups in total. The third-order valence-corrected chi connectivity index (χ3v) is 2.89. The number of amides is 2. The first-order chi connectivity index (χ1) is 10.1. The predicted octanol–water partition coefficient (Wildman–Crippen LogP) is 1.68. The molecule has 0 aliphatic carbocycles. The average molecular weight is 309 g/mol. The Morgan fingerprint density at radius 2 is 2.05 bits per heavy atom. The molecule has 0 aliphatic heterocycles. The first-order valence-corrected chi connectivity index (χ1v) is 6.50. The van der Waals surface area contributed by atoms with Gasteiger partial charge in [-0.1, -0.05) is 11.6 Å². The van der Waals surface area contributed by atoms with Crippen LogP contribution in [0.15, 0.2) is 41.0 Å². The zero-order valence-electron chi connectivity index (χ0n) is 10.9. The van der Waals surface area contributed by atoms with Crippen molar-refractivity contribution in [1.82, 2.24) is 10.6 Å². The van der Waals surface area contributed by atoms with E-state index in [0.717, 1.165) is 0 Å². The van der Waals surface area contributed by atoms with Crippen molar-refractivity contribution < 1.29 is 19.1 Å².